The molecule has 1 spiro atoms. The van der Waals surface area contributed by atoms with E-state index in [4.69, 9.17) is 18.9 Å². The van der Waals surface area contributed by atoms with Crippen molar-refractivity contribution in [2.24, 2.45) is 22.7 Å². The summed E-state index contributed by atoms with van der Waals surface area (Å²) < 4.78 is 22.0. The van der Waals surface area contributed by atoms with Crippen molar-refractivity contribution in [1.82, 2.24) is 0 Å². The van der Waals surface area contributed by atoms with E-state index in [1.807, 2.05) is 6.08 Å². The quantitative estimate of drug-likeness (QED) is 0.228. The minimum atomic E-state index is -0.795. The molecule has 5 atom stereocenters. The van der Waals surface area contributed by atoms with Gasteiger partial charge in [-0.25, -0.2) is 0 Å². The van der Waals surface area contributed by atoms with Gasteiger partial charge in [-0.2, -0.15) is 0 Å². The molecule has 0 aromatic heterocycles. The monoisotopic (exact) mass is 464 g/mol. The Labute approximate surface area is 197 Å². The predicted molar refractivity (Wildman–Crippen MR) is 122 cm³/mol. The topological polar surface area (TPSA) is 91.4 Å². The fraction of sp³-hybridized carbons (Fsp3) is 0.808. The normalized spacial score (nSPS) is 33.6. The number of hydrogen-bond acceptors (Lipinski definition) is 7. The van der Waals surface area contributed by atoms with Crippen molar-refractivity contribution in [3.8, 4) is 0 Å². The van der Waals surface area contributed by atoms with E-state index in [-0.39, 0.29) is 24.2 Å². The Hall–Kier alpha value is -1.89. The highest BCUT2D eigenvalue weighted by molar-refractivity contribution is 5.68. The number of esters is 3. The minimum absolute atomic E-state index is 0.0131. The van der Waals surface area contributed by atoms with E-state index in [9.17, 15) is 14.4 Å². The molecule has 1 unspecified atom stereocenters. The molecule has 0 radical (unpaired) electrons. The second-order valence-electron chi connectivity index (χ2n) is 11.0. The lowest BCUT2D eigenvalue weighted by Gasteiger charge is -2.59. The summed E-state index contributed by atoms with van der Waals surface area (Å²) in [6, 6.07) is 0. The van der Waals surface area contributed by atoms with Crippen LogP contribution in [0.25, 0.3) is 0 Å². The standard InChI is InChI=1S/C26H40O7/c1-17(27)30-14-20(21(33-19(3)29)15-31-18(2)28)8-9-23-25(6)12-7-11-24(4,5)22(25)10-13-26(23)16-32-26/h8,21-23H,7,9-16H2,1-6H3/b20-8+/t21?,22-,23+,25-,26-/m0/s1. The molecule has 2 aliphatic carbocycles. The Morgan fingerprint density at radius 1 is 1.00 bits per heavy atom. The van der Waals surface area contributed by atoms with Crippen LogP contribution in [-0.2, 0) is 33.3 Å². The number of fused-ring (bicyclic) bond motifs is 1. The SMILES string of the molecule is CC(=O)OC/C(=C\C[C@H]1[C@]2(CC[C@H]3C(C)(C)CCC[C@@]31C)CO2)C(COC(C)=O)OC(C)=O. The molecule has 1 saturated heterocycles. The van der Waals surface area contributed by atoms with Crippen LogP contribution < -0.4 is 0 Å². The van der Waals surface area contributed by atoms with Crippen molar-refractivity contribution < 1.29 is 33.3 Å². The Morgan fingerprint density at radius 3 is 2.24 bits per heavy atom. The van der Waals surface area contributed by atoms with Crippen LogP contribution in [0.1, 0.15) is 80.1 Å². The lowest BCUT2D eigenvalue weighted by Crippen LogP contribution is -2.54. The van der Waals surface area contributed by atoms with Gasteiger partial charge in [0.1, 0.15) is 13.2 Å². The highest BCUT2D eigenvalue weighted by Crippen LogP contribution is 2.66. The van der Waals surface area contributed by atoms with E-state index in [2.05, 4.69) is 20.8 Å². The van der Waals surface area contributed by atoms with Crippen LogP contribution in [0.3, 0.4) is 0 Å². The smallest absolute Gasteiger partial charge is 0.303 e. The van der Waals surface area contributed by atoms with Gasteiger partial charge in [0.05, 0.1) is 12.2 Å². The molecule has 33 heavy (non-hydrogen) atoms. The lowest BCUT2D eigenvalue weighted by molar-refractivity contribution is -0.155. The third-order valence-corrected chi connectivity index (χ3v) is 8.30. The first-order valence-electron chi connectivity index (χ1n) is 12.2. The summed E-state index contributed by atoms with van der Waals surface area (Å²) in [7, 11) is 0. The van der Waals surface area contributed by atoms with Crippen molar-refractivity contribution >= 4 is 17.9 Å². The van der Waals surface area contributed by atoms with Gasteiger partial charge in [-0.05, 0) is 54.8 Å². The zero-order valence-corrected chi connectivity index (χ0v) is 21.0. The Bertz CT molecular complexity index is 794. The van der Waals surface area contributed by atoms with Crippen molar-refractivity contribution in [3.63, 3.8) is 0 Å². The first-order chi connectivity index (χ1) is 15.4. The van der Waals surface area contributed by atoms with Crippen LogP contribution in [0.15, 0.2) is 11.6 Å². The van der Waals surface area contributed by atoms with Gasteiger partial charge in [-0.1, -0.05) is 33.3 Å². The first-order valence-corrected chi connectivity index (χ1v) is 12.2. The van der Waals surface area contributed by atoms with Gasteiger partial charge in [0.2, 0.25) is 0 Å². The summed E-state index contributed by atoms with van der Waals surface area (Å²) >= 11 is 0. The van der Waals surface area contributed by atoms with Gasteiger partial charge >= 0.3 is 17.9 Å². The molecule has 7 heteroatoms. The van der Waals surface area contributed by atoms with Crippen LogP contribution in [0.2, 0.25) is 0 Å². The predicted octanol–water partition coefficient (Wildman–Crippen LogP) is 4.37. The van der Waals surface area contributed by atoms with E-state index in [0.717, 1.165) is 19.4 Å². The van der Waals surface area contributed by atoms with Crippen molar-refractivity contribution in [3.05, 3.63) is 11.6 Å². The molecule has 7 nitrogen and oxygen atoms in total. The largest absolute Gasteiger partial charge is 0.462 e. The van der Waals surface area contributed by atoms with E-state index in [1.54, 1.807) is 0 Å². The number of allylic oxidation sites excluding steroid dienone is 1. The number of ether oxygens (including phenoxy) is 4. The molecule has 0 amide bonds. The maximum absolute atomic E-state index is 11.8. The molecular weight excluding hydrogens is 424 g/mol. The molecule has 1 aliphatic heterocycles. The molecule has 1 heterocycles. The van der Waals surface area contributed by atoms with Crippen molar-refractivity contribution in [1.29, 1.82) is 0 Å². The Morgan fingerprint density at radius 2 is 1.67 bits per heavy atom. The van der Waals surface area contributed by atoms with Gasteiger partial charge in [-0.3, -0.25) is 14.4 Å². The molecule has 0 bridgehead atoms. The van der Waals surface area contributed by atoms with Gasteiger partial charge < -0.3 is 18.9 Å². The number of hydrogen-bond donors (Lipinski definition) is 0. The highest BCUT2D eigenvalue weighted by atomic mass is 16.6. The molecule has 0 aromatic carbocycles. The van der Waals surface area contributed by atoms with Crippen molar-refractivity contribution in [2.75, 3.05) is 19.8 Å². The molecule has 3 fully saturated rings. The summed E-state index contributed by atoms with van der Waals surface area (Å²) in [6.45, 7) is 11.8. The number of epoxide rings is 1. The van der Waals surface area contributed by atoms with E-state index < -0.39 is 24.0 Å². The van der Waals surface area contributed by atoms with Crippen LogP contribution in [0.4, 0.5) is 0 Å². The van der Waals surface area contributed by atoms with Gasteiger partial charge in [0.25, 0.3) is 0 Å². The number of rotatable bonds is 8. The molecule has 3 aliphatic rings. The molecule has 3 rings (SSSR count). The molecule has 0 aromatic rings. The van der Waals surface area contributed by atoms with Crippen LogP contribution in [0.5, 0.6) is 0 Å². The molecule has 186 valence electrons. The molecule has 2 saturated carbocycles. The summed E-state index contributed by atoms with van der Waals surface area (Å²) in [4.78, 5) is 34.7. The third-order valence-electron chi connectivity index (χ3n) is 8.30. The lowest BCUT2D eigenvalue weighted by atomic mass is 9.46. The van der Waals surface area contributed by atoms with Gasteiger partial charge in [-0.15, -0.1) is 0 Å². The maximum Gasteiger partial charge on any atom is 0.303 e. The van der Waals surface area contributed by atoms with Crippen LogP contribution in [0, 0.1) is 22.7 Å². The summed E-state index contributed by atoms with van der Waals surface area (Å²) in [6.07, 6.45) is 7.85. The van der Waals surface area contributed by atoms with E-state index in [1.165, 1.54) is 46.5 Å². The van der Waals surface area contributed by atoms with E-state index in [0.29, 0.717) is 22.8 Å². The molecular formula is C26H40O7. The molecule has 0 N–H and O–H groups in total. The zero-order valence-electron chi connectivity index (χ0n) is 21.0. The Balaban J connectivity index is 1.89. The van der Waals surface area contributed by atoms with Crippen molar-refractivity contribution in [2.45, 2.75) is 91.8 Å². The zero-order chi connectivity index (χ0) is 24.4. The first kappa shape index (κ1) is 25.7. The summed E-state index contributed by atoms with van der Waals surface area (Å²) in [5.74, 6) is -0.426. The highest BCUT2D eigenvalue weighted by Gasteiger charge is 2.64. The average molecular weight is 465 g/mol. The third kappa shape index (κ3) is 5.79. The fourth-order valence-electron chi connectivity index (χ4n) is 6.74. The minimum Gasteiger partial charge on any atom is -0.462 e. The second kappa shape index (κ2) is 9.77. The van der Waals surface area contributed by atoms with Gasteiger partial charge in [0.15, 0.2) is 6.10 Å². The maximum atomic E-state index is 11.8. The number of carbonyl (C=O) groups excluding carboxylic acids is 3. The van der Waals surface area contributed by atoms with Gasteiger partial charge in [0, 0.05) is 26.3 Å². The Kier molecular flexibility index (Phi) is 7.62. The fourth-order valence-corrected chi connectivity index (χ4v) is 6.74. The van der Waals surface area contributed by atoms with Crippen LogP contribution >= 0.6 is 0 Å². The summed E-state index contributed by atoms with van der Waals surface area (Å²) in [5.41, 5.74) is 0.987. The second-order valence-corrected chi connectivity index (χ2v) is 11.0. The number of carbonyl (C=O) groups is 3. The van der Waals surface area contributed by atoms with Crippen LogP contribution in [-0.4, -0.2) is 49.4 Å². The average Bonchev–Trinajstić information content (AvgIpc) is 3.45. The van der Waals surface area contributed by atoms with E-state index >= 15 is 0 Å². The summed E-state index contributed by atoms with van der Waals surface area (Å²) in [5, 5.41) is 0.